The van der Waals surface area contributed by atoms with Gasteiger partial charge >= 0.3 is 0 Å². The Morgan fingerprint density at radius 1 is 1.00 bits per heavy atom. The second-order valence-corrected chi connectivity index (χ2v) is 10.4. The van der Waals surface area contributed by atoms with Crippen molar-refractivity contribution in [1.29, 1.82) is 0 Å². The Morgan fingerprint density at radius 3 is 2.54 bits per heavy atom. The van der Waals surface area contributed by atoms with E-state index in [9.17, 15) is 4.79 Å². The highest BCUT2D eigenvalue weighted by atomic mass is 79.9. The molecule has 3 heterocycles. The molecule has 1 N–H and O–H groups in total. The number of piperidine rings is 2. The van der Waals surface area contributed by atoms with Crippen LogP contribution >= 0.6 is 15.9 Å². The number of aromatic nitrogens is 2. The predicted molar refractivity (Wildman–Crippen MR) is 140 cm³/mol. The molecule has 3 aromatic rings. The van der Waals surface area contributed by atoms with E-state index >= 15 is 0 Å². The van der Waals surface area contributed by atoms with Crippen LogP contribution in [0.4, 0.5) is 5.69 Å². The normalized spacial score (nSPS) is 19.0. The zero-order chi connectivity index (χ0) is 24.0. The molecule has 0 aliphatic carbocycles. The van der Waals surface area contributed by atoms with E-state index < -0.39 is 0 Å². The number of anilines is 1. The minimum Gasteiger partial charge on any atom is -0.372 e. The maximum absolute atomic E-state index is 12.9. The summed E-state index contributed by atoms with van der Waals surface area (Å²) >= 11 is 3.44. The molecule has 2 aliphatic rings. The number of carbonyl (C=O) groups is 1. The van der Waals surface area contributed by atoms with E-state index in [0.29, 0.717) is 31.3 Å². The number of benzene rings is 2. The summed E-state index contributed by atoms with van der Waals surface area (Å²) in [6, 6.07) is 16.5. The monoisotopic (exact) mass is 537 g/mol. The largest absolute Gasteiger partial charge is 0.372 e. The zero-order valence-electron chi connectivity index (χ0n) is 20.0. The van der Waals surface area contributed by atoms with Crippen molar-refractivity contribution in [3.63, 3.8) is 0 Å². The fraction of sp³-hybridized carbons (Fsp3) is 0.444. The second kappa shape index (κ2) is 11.4. The van der Waals surface area contributed by atoms with E-state index in [0.717, 1.165) is 48.1 Å². The van der Waals surface area contributed by atoms with Crippen LogP contribution in [0.25, 0.3) is 11.4 Å². The Bertz CT molecular complexity index is 1110. The van der Waals surface area contributed by atoms with Gasteiger partial charge in [0.1, 0.15) is 0 Å². The summed E-state index contributed by atoms with van der Waals surface area (Å²) in [6.07, 6.45) is 5.77. The van der Waals surface area contributed by atoms with Crippen LogP contribution in [-0.2, 0) is 17.9 Å². The molecule has 8 heteroatoms. The first kappa shape index (κ1) is 24.0. The van der Waals surface area contributed by atoms with Gasteiger partial charge in [-0.25, -0.2) is 0 Å². The predicted octanol–water partition coefficient (Wildman–Crippen LogP) is 5.02. The molecule has 2 aromatic carbocycles. The van der Waals surface area contributed by atoms with Crippen LogP contribution in [0.5, 0.6) is 0 Å². The molecule has 0 saturated carbocycles. The van der Waals surface area contributed by atoms with E-state index in [1.54, 1.807) is 0 Å². The lowest BCUT2D eigenvalue weighted by Crippen LogP contribution is -2.42. The summed E-state index contributed by atoms with van der Waals surface area (Å²) in [5.41, 5.74) is 3.34. The molecular formula is C27H32BrN5O2. The molecule has 2 saturated heterocycles. The Hall–Kier alpha value is -2.71. The molecule has 2 fully saturated rings. The molecule has 5 rings (SSSR count). The van der Waals surface area contributed by atoms with E-state index in [4.69, 9.17) is 4.52 Å². The van der Waals surface area contributed by atoms with Crippen LogP contribution in [0.1, 0.15) is 43.6 Å². The van der Waals surface area contributed by atoms with Gasteiger partial charge in [-0.3, -0.25) is 9.69 Å². The van der Waals surface area contributed by atoms with Crippen molar-refractivity contribution in [2.75, 3.05) is 31.1 Å². The minimum atomic E-state index is -0.0229. The smallest absolute Gasteiger partial charge is 0.241 e. The number of hydrogen-bond donors (Lipinski definition) is 1. The first-order valence-electron chi connectivity index (χ1n) is 12.6. The van der Waals surface area contributed by atoms with Gasteiger partial charge in [0.25, 0.3) is 0 Å². The summed E-state index contributed by atoms with van der Waals surface area (Å²) in [5.74, 6) is 1.27. The maximum atomic E-state index is 12.9. The first-order chi connectivity index (χ1) is 17.1. The molecule has 1 atom stereocenters. The number of nitrogens with zero attached hydrogens (tertiary/aromatic N) is 4. The van der Waals surface area contributed by atoms with Gasteiger partial charge in [-0.15, -0.1) is 0 Å². The molecule has 184 valence electrons. The van der Waals surface area contributed by atoms with E-state index in [2.05, 4.69) is 65.5 Å². The Balaban J connectivity index is 1.11. The maximum Gasteiger partial charge on any atom is 0.241 e. The first-order valence-corrected chi connectivity index (χ1v) is 13.4. The molecular weight excluding hydrogens is 506 g/mol. The van der Waals surface area contributed by atoms with Crippen LogP contribution in [0.2, 0.25) is 0 Å². The molecule has 7 nitrogen and oxygen atoms in total. The molecule has 1 unspecified atom stereocenters. The number of rotatable bonds is 7. The molecule has 1 aromatic heterocycles. The third-order valence-corrected chi connectivity index (χ3v) is 7.46. The summed E-state index contributed by atoms with van der Waals surface area (Å²) in [6.45, 7) is 5.04. The Kier molecular flexibility index (Phi) is 7.79. The highest BCUT2D eigenvalue weighted by Gasteiger charge is 2.27. The van der Waals surface area contributed by atoms with Gasteiger partial charge in [-0.2, -0.15) is 4.98 Å². The van der Waals surface area contributed by atoms with E-state index in [-0.39, 0.29) is 11.8 Å². The van der Waals surface area contributed by atoms with Gasteiger partial charge in [0, 0.05) is 41.9 Å². The number of carbonyl (C=O) groups excluding carboxylic acids is 1. The standard InChI is InChI=1S/C27H32BrN5O2/c28-23-10-8-21(9-11-23)26-30-25(35-31-26)19-32-14-4-5-22(18-32)27(34)29-17-20-6-12-24(13-7-20)33-15-2-1-3-16-33/h6-13,22H,1-5,14-19H2,(H,29,34). The van der Waals surface area contributed by atoms with Crippen molar-refractivity contribution in [3.05, 3.63) is 64.5 Å². The number of hydrogen-bond acceptors (Lipinski definition) is 6. The molecule has 35 heavy (non-hydrogen) atoms. The SMILES string of the molecule is O=C(NCc1ccc(N2CCCCC2)cc1)C1CCCN(Cc2nc(-c3ccc(Br)cc3)no2)C1. The topological polar surface area (TPSA) is 74.5 Å². The van der Waals surface area contributed by atoms with E-state index in [1.807, 2.05) is 24.3 Å². The third-order valence-electron chi connectivity index (χ3n) is 6.93. The average Bonchev–Trinajstić information content (AvgIpc) is 3.37. The van der Waals surface area contributed by atoms with Gasteiger partial charge in [-0.05, 0) is 80.6 Å². The van der Waals surface area contributed by atoms with Gasteiger partial charge in [0.15, 0.2) is 0 Å². The molecule has 0 spiro atoms. The van der Waals surface area contributed by atoms with Crippen molar-refractivity contribution >= 4 is 27.5 Å². The summed E-state index contributed by atoms with van der Waals surface area (Å²) < 4.78 is 6.50. The van der Waals surface area contributed by atoms with Crippen LogP contribution in [-0.4, -0.2) is 47.1 Å². The number of amides is 1. The summed E-state index contributed by atoms with van der Waals surface area (Å²) in [4.78, 5) is 22.1. The average molecular weight is 538 g/mol. The van der Waals surface area contributed by atoms with Crippen molar-refractivity contribution in [1.82, 2.24) is 20.4 Å². The van der Waals surface area contributed by atoms with Crippen molar-refractivity contribution in [2.24, 2.45) is 5.92 Å². The number of nitrogens with one attached hydrogen (secondary N) is 1. The van der Waals surface area contributed by atoms with Crippen molar-refractivity contribution < 1.29 is 9.32 Å². The summed E-state index contributed by atoms with van der Waals surface area (Å²) in [5, 5.41) is 7.27. The lowest BCUT2D eigenvalue weighted by molar-refractivity contribution is -0.127. The fourth-order valence-corrected chi connectivity index (χ4v) is 5.21. The molecule has 0 bridgehead atoms. The number of likely N-dealkylation sites (tertiary alicyclic amines) is 1. The van der Waals surface area contributed by atoms with Gasteiger partial charge < -0.3 is 14.7 Å². The lowest BCUT2D eigenvalue weighted by Gasteiger charge is -2.31. The highest BCUT2D eigenvalue weighted by Crippen LogP contribution is 2.23. The van der Waals surface area contributed by atoms with Gasteiger partial charge in [-0.1, -0.05) is 33.2 Å². The Morgan fingerprint density at radius 2 is 1.77 bits per heavy atom. The van der Waals surface area contributed by atoms with Crippen LogP contribution < -0.4 is 10.2 Å². The molecule has 2 aliphatic heterocycles. The fourth-order valence-electron chi connectivity index (χ4n) is 4.95. The van der Waals surface area contributed by atoms with Crippen LogP contribution in [0.3, 0.4) is 0 Å². The van der Waals surface area contributed by atoms with Crippen LogP contribution in [0.15, 0.2) is 57.5 Å². The second-order valence-electron chi connectivity index (χ2n) is 9.52. The summed E-state index contributed by atoms with van der Waals surface area (Å²) in [7, 11) is 0. The van der Waals surface area contributed by atoms with Crippen molar-refractivity contribution in [2.45, 2.75) is 45.2 Å². The van der Waals surface area contributed by atoms with Gasteiger partial charge in [0.2, 0.25) is 17.6 Å². The lowest BCUT2D eigenvalue weighted by atomic mass is 9.97. The van der Waals surface area contributed by atoms with Gasteiger partial charge in [0.05, 0.1) is 12.5 Å². The third kappa shape index (κ3) is 6.30. The van der Waals surface area contributed by atoms with Crippen molar-refractivity contribution in [3.8, 4) is 11.4 Å². The molecule has 0 radical (unpaired) electrons. The quantitative estimate of drug-likeness (QED) is 0.456. The van der Waals surface area contributed by atoms with Crippen LogP contribution in [0, 0.1) is 5.92 Å². The minimum absolute atomic E-state index is 0.0229. The van der Waals surface area contributed by atoms with E-state index in [1.165, 1.54) is 24.9 Å². The highest BCUT2D eigenvalue weighted by molar-refractivity contribution is 9.10. The Labute approximate surface area is 215 Å². The number of halogens is 1. The molecule has 1 amide bonds. The zero-order valence-corrected chi connectivity index (χ0v) is 21.5.